The van der Waals surface area contributed by atoms with Crippen LogP contribution < -0.4 is 4.90 Å². The number of hydrogen-bond acceptors (Lipinski definition) is 7. The molecule has 0 fully saturated rings. The summed E-state index contributed by atoms with van der Waals surface area (Å²) >= 11 is 0. The van der Waals surface area contributed by atoms with Crippen molar-refractivity contribution in [2.24, 2.45) is 0 Å². The van der Waals surface area contributed by atoms with Crippen molar-refractivity contribution in [3.05, 3.63) is 30.3 Å². The Bertz CT molecular complexity index is 441. The van der Waals surface area contributed by atoms with E-state index in [0.717, 1.165) is 5.69 Å². The van der Waals surface area contributed by atoms with Crippen LogP contribution in [-0.4, -0.2) is 51.8 Å². The molecule has 1 rings (SSSR count). The molecule has 0 aliphatic carbocycles. The first kappa shape index (κ1) is 18.6. The standard InChI is InChI=1S/C16H23NO6/c1-3-20-15(18)22-12-10-17(14-8-6-5-7-9-14)11-13-23-16(19)21-4-2/h5-9H,3-4,10-13H2,1-2H3. The van der Waals surface area contributed by atoms with E-state index in [-0.39, 0.29) is 26.4 Å². The molecule has 23 heavy (non-hydrogen) atoms. The lowest BCUT2D eigenvalue weighted by Crippen LogP contribution is -2.32. The topological polar surface area (TPSA) is 74.3 Å². The first-order valence-corrected chi connectivity index (χ1v) is 7.56. The first-order valence-electron chi connectivity index (χ1n) is 7.56. The number of benzene rings is 1. The Morgan fingerprint density at radius 2 is 1.30 bits per heavy atom. The Kier molecular flexibility index (Phi) is 9.04. The lowest BCUT2D eigenvalue weighted by atomic mass is 10.3. The maximum absolute atomic E-state index is 11.2. The average molecular weight is 325 g/mol. The van der Waals surface area contributed by atoms with E-state index in [0.29, 0.717) is 13.1 Å². The van der Waals surface area contributed by atoms with Crippen LogP contribution in [0.5, 0.6) is 0 Å². The van der Waals surface area contributed by atoms with E-state index in [1.54, 1.807) is 13.8 Å². The van der Waals surface area contributed by atoms with E-state index in [1.165, 1.54) is 0 Å². The molecule has 7 heteroatoms. The van der Waals surface area contributed by atoms with Gasteiger partial charge in [0.15, 0.2) is 0 Å². The molecule has 0 bridgehead atoms. The molecule has 1 aromatic rings. The van der Waals surface area contributed by atoms with Crippen molar-refractivity contribution >= 4 is 18.0 Å². The second-order valence-electron chi connectivity index (χ2n) is 4.39. The van der Waals surface area contributed by atoms with Gasteiger partial charge < -0.3 is 23.8 Å². The third kappa shape index (κ3) is 7.94. The van der Waals surface area contributed by atoms with Crippen molar-refractivity contribution in [3.8, 4) is 0 Å². The Labute approximate surface area is 136 Å². The molecule has 128 valence electrons. The number of nitrogens with zero attached hydrogens (tertiary/aromatic N) is 1. The van der Waals surface area contributed by atoms with Gasteiger partial charge in [0.1, 0.15) is 13.2 Å². The van der Waals surface area contributed by atoms with Crippen LogP contribution in [0.2, 0.25) is 0 Å². The Morgan fingerprint density at radius 1 is 0.826 bits per heavy atom. The minimum absolute atomic E-state index is 0.174. The molecule has 0 radical (unpaired) electrons. The molecular formula is C16H23NO6. The molecule has 0 saturated carbocycles. The minimum atomic E-state index is -0.691. The number of carbonyl (C=O) groups is 2. The highest BCUT2D eigenvalue weighted by Crippen LogP contribution is 2.12. The quantitative estimate of drug-likeness (QED) is 0.646. The number of para-hydroxylation sites is 1. The predicted molar refractivity (Wildman–Crippen MR) is 84.6 cm³/mol. The molecule has 0 N–H and O–H groups in total. The summed E-state index contributed by atoms with van der Waals surface area (Å²) in [7, 11) is 0. The van der Waals surface area contributed by atoms with E-state index >= 15 is 0 Å². The van der Waals surface area contributed by atoms with E-state index < -0.39 is 12.3 Å². The Hall–Kier alpha value is -2.44. The molecule has 0 aliphatic rings. The third-order valence-corrected chi connectivity index (χ3v) is 2.81. The van der Waals surface area contributed by atoms with E-state index in [1.807, 2.05) is 35.2 Å². The Morgan fingerprint density at radius 3 is 1.74 bits per heavy atom. The molecule has 0 heterocycles. The fourth-order valence-corrected chi connectivity index (χ4v) is 1.81. The van der Waals surface area contributed by atoms with Crippen LogP contribution in [0.4, 0.5) is 15.3 Å². The fourth-order valence-electron chi connectivity index (χ4n) is 1.81. The monoisotopic (exact) mass is 325 g/mol. The van der Waals surface area contributed by atoms with Gasteiger partial charge in [0, 0.05) is 5.69 Å². The maximum Gasteiger partial charge on any atom is 0.508 e. The van der Waals surface area contributed by atoms with Crippen LogP contribution in [0.3, 0.4) is 0 Å². The van der Waals surface area contributed by atoms with Crippen LogP contribution >= 0.6 is 0 Å². The molecule has 0 spiro atoms. The van der Waals surface area contributed by atoms with Crippen LogP contribution in [0, 0.1) is 0 Å². The zero-order valence-electron chi connectivity index (χ0n) is 13.5. The van der Waals surface area contributed by atoms with Gasteiger partial charge in [-0.05, 0) is 26.0 Å². The van der Waals surface area contributed by atoms with Gasteiger partial charge >= 0.3 is 12.3 Å². The molecular weight excluding hydrogens is 302 g/mol. The molecule has 0 unspecified atom stereocenters. The van der Waals surface area contributed by atoms with Gasteiger partial charge in [0.25, 0.3) is 0 Å². The van der Waals surface area contributed by atoms with E-state index in [9.17, 15) is 9.59 Å². The molecule has 0 atom stereocenters. The van der Waals surface area contributed by atoms with Crippen LogP contribution in [0.15, 0.2) is 30.3 Å². The molecule has 0 saturated heterocycles. The Balaban J connectivity index is 2.47. The van der Waals surface area contributed by atoms with Crippen molar-refractivity contribution in [1.82, 2.24) is 0 Å². The number of ether oxygens (including phenoxy) is 4. The number of anilines is 1. The second-order valence-corrected chi connectivity index (χ2v) is 4.39. The first-order chi connectivity index (χ1) is 11.2. The third-order valence-electron chi connectivity index (χ3n) is 2.81. The van der Waals surface area contributed by atoms with Crippen molar-refractivity contribution < 1.29 is 28.5 Å². The summed E-state index contributed by atoms with van der Waals surface area (Å²) in [5.74, 6) is 0. The van der Waals surface area contributed by atoms with Gasteiger partial charge in [0.05, 0.1) is 26.3 Å². The van der Waals surface area contributed by atoms with Crippen molar-refractivity contribution in [2.75, 3.05) is 44.4 Å². The molecule has 7 nitrogen and oxygen atoms in total. The second kappa shape index (κ2) is 11.2. The lowest BCUT2D eigenvalue weighted by Gasteiger charge is -2.24. The highest BCUT2D eigenvalue weighted by Gasteiger charge is 2.10. The van der Waals surface area contributed by atoms with Gasteiger partial charge in [-0.3, -0.25) is 0 Å². The molecule has 0 aliphatic heterocycles. The largest absolute Gasteiger partial charge is 0.508 e. The normalized spacial score (nSPS) is 9.83. The maximum atomic E-state index is 11.2. The fraction of sp³-hybridized carbons (Fsp3) is 0.500. The summed E-state index contributed by atoms with van der Waals surface area (Å²) in [5.41, 5.74) is 0.937. The van der Waals surface area contributed by atoms with Gasteiger partial charge in [-0.15, -0.1) is 0 Å². The zero-order valence-corrected chi connectivity index (χ0v) is 13.5. The van der Waals surface area contributed by atoms with Crippen LogP contribution in [0.1, 0.15) is 13.8 Å². The smallest absolute Gasteiger partial charge is 0.435 e. The van der Waals surface area contributed by atoms with Gasteiger partial charge in [-0.25, -0.2) is 9.59 Å². The number of hydrogen-bond donors (Lipinski definition) is 0. The summed E-state index contributed by atoms with van der Waals surface area (Å²) in [5, 5.41) is 0. The summed E-state index contributed by atoms with van der Waals surface area (Å²) in [4.78, 5) is 24.3. The van der Waals surface area contributed by atoms with Crippen LogP contribution in [-0.2, 0) is 18.9 Å². The van der Waals surface area contributed by atoms with Crippen molar-refractivity contribution in [2.45, 2.75) is 13.8 Å². The highest BCUT2D eigenvalue weighted by atomic mass is 16.7. The molecule has 1 aromatic carbocycles. The lowest BCUT2D eigenvalue weighted by molar-refractivity contribution is 0.0583. The highest BCUT2D eigenvalue weighted by molar-refractivity contribution is 5.60. The van der Waals surface area contributed by atoms with Crippen molar-refractivity contribution in [1.29, 1.82) is 0 Å². The number of carbonyl (C=O) groups excluding carboxylic acids is 2. The summed E-state index contributed by atoms with van der Waals surface area (Å²) in [6.07, 6.45) is -1.38. The van der Waals surface area contributed by atoms with E-state index in [4.69, 9.17) is 18.9 Å². The van der Waals surface area contributed by atoms with Crippen molar-refractivity contribution in [3.63, 3.8) is 0 Å². The number of rotatable bonds is 9. The van der Waals surface area contributed by atoms with Gasteiger partial charge in [-0.1, -0.05) is 18.2 Å². The van der Waals surface area contributed by atoms with Gasteiger partial charge in [0.2, 0.25) is 0 Å². The molecule has 0 amide bonds. The summed E-state index contributed by atoms with van der Waals surface area (Å²) in [6.45, 7) is 5.22. The zero-order chi connectivity index (χ0) is 16.9. The average Bonchev–Trinajstić information content (AvgIpc) is 2.55. The summed E-state index contributed by atoms with van der Waals surface area (Å²) in [6, 6.07) is 9.57. The minimum Gasteiger partial charge on any atom is -0.435 e. The molecule has 0 aromatic heterocycles. The van der Waals surface area contributed by atoms with E-state index in [2.05, 4.69) is 0 Å². The SMILES string of the molecule is CCOC(=O)OCCN(CCOC(=O)OCC)c1ccccc1. The van der Waals surface area contributed by atoms with Gasteiger partial charge in [-0.2, -0.15) is 0 Å². The predicted octanol–water partition coefficient (Wildman–Crippen LogP) is 2.84. The van der Waals surface area contributed by atoms with Crippen LogP contribution in [0.25, 0.3) is 0 Å². The summed E-state index contributed by atoms with van der Waals surface area (Å²) < 4.78 is 19.3.